The molecule has 4 aromatic rings. The number of aromatic amines is 1. The topological polar surface area (TPSA) is 184 Å². The standard InChI is InChI=1S/C26H22F3N7O5/c1-13-2-4-14(5-3-13)10-18(23(39)40)33-21(37)15-6-8-17(9-7-15)36(24(41)26(27,28)29)12-16-11-31-20-19(32-16)22(38)35-25(30)34-20/h2-9,11,18H,10,12H2,1H3,(H,33,37)(H,39,40)(H3,30,31,34,35,38)/t18-/m0/s1. The molecule has 0 aliphatic heterocycles. The maximum absolute atomic E-state index is 13.5. The first-order valence-electron chi connectivity index (χ1n) is 11.9. The molecule has 1 atom stereocenters. The number of fused-ring (bicyclic) bond motifs is 1. The summed E-state index contributed by atoms with van der Waals surface area (Å²) in [6.07, 6.45) is -4.21. The molecule has 2 aromatic carbocycles. The summed E-state index contributed by atoms with van der Waals surface area (Å²) >= 11 is 0. The SMILES string of the molecule is Cc1ccc(C[C@H](NC(=O)c2ccc(N(Cc3cnc4nc(N)[nH]c(=O)c4n3)C(=O)C(F)(F)F)cc2)C(=O)O)cc1. The Hall–Kier alpha value is -5.34. The third kappa shape index (κ3) is 6.81. The van der Waals surface area contributed by atoms with Crippen molar-refractivity contribution in [2.75, 3.05) is 10.6 Å². The van der Waals surface area contributed by atoms with E-state index in [1.54, 1.807) is 24.3 Å². The minimum absolute atomic E-state index is 0.00500. The van der Waals surface area contributed by atoms with Crippen LogP contribution < -0.4 is 21.5 Å². The number of H-pyrrole nitrogens is 1. The first kappa shape index (κ1) is 28.7. The van der Waals surface area contributed by atoms with Crippen molar-refractivity contribution in [3.63, 3.8) is 0 Å². The fourth-order valence-electron chi connectivity index (χ4n) is 3.84. The van der Waals surface area contributed by atoms with E-state index in [2.05, 4.69) is 25.3 Å². The molecule has 0 spiro atoms. The van der Waals surface area contributed by atoms with E-state index in [0.29, 0.717) is 10.5 Å². The van der Waals surface area contributed by atoms with Crippen molar-refractivity contribution in [3.05, 3.63) is 87.5 Å². The number of aliphatic carboxylic acids is 1. The highest BCUT2D eigenvalue weighted by Gasteiger charge is 2.43. The Kier molecular flexibility index (Phi) is 7.98. The number of anilines is 2. The van der Waals surface area contributed by atoms with E-state index >= 15 is 0 Å². The van der Waals surface area contributed by atoms with E-state index in [1.807, 2.05) is 6.92 Å². The van der Waals surface area contributed by atoms with Gasteiger partial charge in [0.25, 0.3) is 11.5 Å². The number of benzene rings is 2. The third-order valence-electron chi connectivity index (χ3n) is 5.90. The second kappa shape index (κ2) is 11.4. The number of carboxylic acid groups (broad SMARTS) is 1. The molecule has 0 aliphatic carbocycles. The van der Waals surface area contributed by atoms with Gasteiger partial charge in [0.05, 0.1) is 18.4 Å². The molecule has 4 rings (SSSR count). The second-order valence-corrected chi connectivity index (χ2v) is 8.97. The lowest BCUT2D eigenvalue weighted by molar-refractivity contribution is -0.170. The summed E-state index contributed by atoms with van der Waals surface area (Å²) in [6.45, 7) is 1.14. The Bertz CT molecular complexity index is 1670. The molecule has 5 N–H and O–H groups in total. The van der Waals surface area contributed by atoms with Crippen LogP contribution in [0.5, 0.6) is 0 Å². The molecule has 41 heavy (non-hydrogen) atoms. The summed E-state index contributed by atoms with van der Waals surface area (Å²) in [5.74, 6) is -4.51. The van der Waals surface area contributed by atoms with Crippen molar-refractivity contribution < 1.29 is 32.7 Å². The van der Waals surface area contributed by atoms with Crippen LogP contribution in [0.3, 0.4) is 0 Å². The molecule has 212 valence electrons. The normalized spacial score (nSPS) is 12.1. The van der Waals surface area contributed by atoms with E-state index in [9.17, 15) is 37.5 Å². The number of nitrogen functional groups attached to an aromatic ring is 1. The van der Waals surface area contributed by atoms with Crippen molar-refractivity contribution >= 4 is 40.6 Å². The fraction of sp³-hybridized carbons (Fsp3) is 0.192. The molecule has 0 saturated heterocycles. The van der Waals surface area contributed by atoms with Crippen LogP contribution in [0.4, 0.5) is 24.8 Å². The molecule has 2 heterocycles. The maximum Gasteiger partial charge on any atom is 0.471 e. The maximum atomic E-state index is 13.5. The van der Waals surface area contributed by atoms with Crippen LogP contribution in [-0.2, 0) is 22.6 Å². The Morgan fingerprint density at radius 2 is 1.73 bits per heavy atom. The van der Waals surface area contributed by atoms with Gasteiger partial charge in [0.1, 0.15) is 6.04 Å². The molecule has 0 aliphatic rings. The number of alkyl halides is 3. The lowest BCUT2D eigenvalue weighted by atomic mass is 10.0. The molecule has 0 bridgehead atoms. The van der Waals surface area contributed by atoms with Gasteiger partial charge in [0.15, 0.2) is 11.2 Å². The van der Waals surface area contributed by atoms with E-state index in [4.69, 9.17) is 5.73 Å². The summed E-state index contributed by atoms with van der Waals surface area (Å²) in [5.41, 5.74) is 5.45. The fourth-order valence-corrected chi connectivity index (χ4v) is 3.84. The van der Waals surface area contributed by atoms with Gasteiger partial charge in [-0.25, -0.2) is 14.8 Å². The highest BCUT2D eigenvalue weighted by atomic mass is 19.4. The Morgan fingerprint density at radius 1 is 1.07 bits per heavy atom. The zero-order valence-corrected chi connectivity index (χ0v) is 21.3. The highest BCUT2D eigenvalue weighted by Crippen LogP contribution is 2.26. The Labute approximate surface area is 229 Å². The first-order chi connectivity index (χ1) is 19.3. The number of nitrogens with two attached hydrogens (primary N) is 1. The summed E-state index contributed by atoms with van der Waals surface area (Å²) in [5, 5.41) is 12.0. The molecular formula is C26H22F3N7O5. The molecular weight excluding hydrogens is 547 g/mol. The van der Waals surface area contributed by atoms with Crippen LogP contribution >= 0.6 is 0 Å². The number of aryl methyl sites for hydroxylation is 1. The van der Waals surface area contributed by atoms with Gasteiger partial charge < -0.3 is 16.2 Å². The third-order valence-corrected chi connectivity index (χ3v) is 5.90. The van der Waals surface area contributed by atoms with Crippen molar-refractivity contribution in [1.82, 2.24) is 25.3 Å². The van der Waals surface area contributed by atoms with E-state index in [1.165, 1.54) is 0 Å². The van der Waals surface area contributed by atoms with Crippen LogP contribution in [-0.4, -0.2) is 55.0 Å². The molecule has 0 unspecified atom stereocenters. The monoisotopic (exact) mass is 569 g/mol. The number of hydrogen-bond acceptors (Lipinski definition) is 8. The number of nitrogens with zero attached hydrogens (tertiary/aromatic N) is 4. The van der Waals surface area contributed by atoms with Crippen LogP contribution in [0.1, 0.15) is 27.2 Å². The van der Waals surface area contributed by atoms with Gasteiger partial charge in [-0.1, -0.05) is 29.8 Å². The minimum Gasteiger partial charge on any atom is -0.480 e. The van der Waals surface area contributed by atoms with Crippen LogP contribution in [0.15, 0.2) is 59.5 Å². The second-order valence-electron chi connectivity index (χ2n) is 8.97. The van der Waals surface area contributed by atoms with Gasteiger partial charge in [-0.05, 0) is 36.8 Å². The number of hydrogen-bond donors (Lipinski definition) is 4. The molecule has 2 amide bonds. The van der Waals surface area contributed by atoms with Crippen LogP contribution in [0.25, 0.3) is 11.2 Å². The average molecular weight is 570 g/mol. The predicted octanol–water partition coefficient (Wildman–Crippen LogP) is 2.12. The number of carbonyl (C=O) groups excluding carboxylic acids is 2. The van der Waals surface area contributed by atoms with Gasteiger partial charge in [0, 0.05) is 17.7 Å². The highest BCUT2D eigenvalue weighted by molar-refractivity contribution is 5.99. The minimum atomic E-state index is -5.27. The number of halogens is 3. The lowest BCUT2D eigenvalue weighted by Crippen LogP contribution is -2.42. The molecule has 15 heteroatoms. The quantitative estimate of drug-likeness (QED) is 0.247. The summed E-state index contributed by atoms with van der Waals surface area (Å²) in [7, 11) is 0. The van der Waals surface area contributed by atoms with Crippen LogP contribution in [0, 0.1) is 6.92 Å². The number of rotatable bonds is 8. The smallest absolute Gasteiger partial charge is 0.471 e. The Balaban J connectivity index is 1.57. The zero-order valence-electron chi connectivity index (χ0n) is 21.3. The van der Waals surface area contributed by atoms with Gasteiger partial charge >= 0.3 is 18.1 Å². The van der Waals surface area contributed by atoms with E-state index in [-0.39, 0.29) is 40.5 Å². The van der Waals surface area contributed by atoms with Gasteiger partial charge in [-0.3, -0.25) is 24.3 Å². The van der Waals surface area contributed by atoms with Gasteiger partial charge in [0.2, 0.25) is 5.95 Å². The van der Waals surface area contributed by atoms with Crippen molar-refractivity contribution in [2.24, 2.45) is 0 Å². The molecule has 2 aromatic heterocycles. The number of carboxylic acids is 1. The molecule has 0 saturated carbocycles. The summed E-state index contributed by atoms with van der Waals surface area (Å²) in [6, 6.07) is 10.3. The largest absolute Gasteiger partial charge is 0.480 e. The number of aromatic nitrogens is 4. The van der Waals surface area contributed by atoms with Crippen molar-refractivity contribution in [2.45, 2.75) is 32.1 Å². The van der Waals surface area contributed by atoms with Gasteiger partial charge in [-0.2, -0.15) is 18.2 Å². The van der Waals surface area contributed by atoms with E-state index < -0.39 is 42.1 Å². The molecule has 0 radical (unpaired) electrons. The average Bonchev–Trinajstić information content (AvgIpc) is 2.92. The molecule has 0 fully saturated rings. The van der Waals surface area contributed by atoms with Crippen molar-refractivity contribution in [1.29, 1.82) is 0 Å². The number of nitrogens with one attached hydrogen (secondary N) is 2. The lowest BCUT2D eigenvalue weighted by Gasteiger charge is -2.24. The summed E-state index contributed by atoms with van der Waals surface area (Å²) < 4.78 is 40.4. The number of carbonyl (C=O) groups is 3. The predicted molar refractivity (Wildman–Crippen MR) is 140 cm³/mol. The van der Waals surface area contributed by atoms with Crippen LogP contribution in [0.2, 0.25) is 0 Å². The zero-order chi connectivity index (χ0) is 29.9. The van der Waals surface area contributed by atoms with Crippen molar-refractivity contribution in [3.8, 4) is 0 Å². The molecule has 12 nitrogen and oxygen atoms in total. The van der Waals surface area contributed by atoms with E-state index in [0.717, 1.165) is 36.0 Å². The first-order valence-corrected chi connectivity index (χ1v) is 11.9. The summed E-state index contributed by atoms with van der Waals surface area (Å²) in [4.78, 5) is 63.1. The van der Waals surface area contributed by atoms with Gasteiger partial charge in [-0.15, -0.1) is 0 Å². The number of amides is 2. The Morgan fingerprint density at radius 3 is 2.34 bits per heavy atom.